The summed E-state index contributed by atoms with van der Waals surface area (Å²) in [6.45, 7) is 6.71. The highest BCUT2D eigenvalue weighted by Gasteiger charge is 2.35. The second-order valence-corrected chi connectivity index (χ2v) is 6.89. The highest BCUT2D eigenvalue weighted by molar-refractivity contribution is 6.30. The van der Waals surface area contributed by atoms with Gasteiger partial charge < -0.3 is 10.2 Å². The summed E-state index contributed by atoms with van der Waals surface area (Å²) >= 11 is 5.94. The van der Waals surface area contributed by atoms with E-state index in [0.717, 1.165) is 31.6 Å². The molecule has 0 saturated carbocycles. The van der Waals surface area contributed by atoms with E-state index in [9.17, 15) is 4.79 Å². The molecular weight excluding hydrogens is 284 g/mol. The number of benzene rings is 1. The number of rotatable bonds is 4. The van der Waals surface area contributed by atoms with Crippen molar-refractivity contribution in [3.05, 3.63) is 34.9 Å². The van der Waals surface area contributed by atoms with E-state index in [0.29, 0.717) is 10.9 Å². The van der Waals surface area contributed by atoms with Crippen LogP contribution in [0.15, 0.2) is 24.3 Å². The highest BCUT2D eigenvalue weighted by atomic mass is 35.5. The van der Waals surface area contributed by atoms with E-state index in [4.69, 9.17) is 11.6 Å². The number of amides is 1. The molecule has 1 heterocycles. The predicted octanol–water partition coefficient (Wildman–Crippen LogP) is 3.08. The zero-order valence-electron chi connectivity index (χ0n) is 13.2. The van der Waals surface area contributed by atoms with Crippen molar-refractivity contribution in [1.29, 1.82) is 0 Å². The number of carbonyl (C=O) groups is 1. The lowest BCUT2D eigenvalue weighted by Crippen LogP contribution is -2.49. The highest BCUT2D eigenvalue weighted by Crippen LogP contribution is 2.29. The smallest absolute Gasteiger partial charge is 0.232 e. The number of hydrogen-bond acceptors (Lipinski definition) is 2. The Labute approximate surface area is 132 Å². The third-order valence-electron chi connectivity index (χ3n) is 4.40. The standard InChI is InChI=1S/C17H25ClN2O/c1-17(2,14-6-8-15(18)9-7-14)16(21)20-10-4-5-13(12-20)11-19-3/h6-9,13,19H,4-5,10-12H2,1-3H3. The zero-order valence-corrected chi connectivity index (χ0v) is 13.9. The molecule has 1 saturated heterocycles. The summed E-state index contributed by atoms with van der Waals surface area (Å²) in [7, 11) is 1.97. The number of piperidine rings is 1. The Morgan fingerprint density at radius 3 is 2.67 bits per heavy atom. The average Bonchev–Trinajstić information content (AvgIpc) is 2.47. The van der Waals surface area contributed by atoms with Crippen LogP contribution in [-0.4, -0.2) is 37.5 Å². The average molecular weight is 309 g/mol. The summed E-state index contributed by atoms with van der Waals surface area (Å²) in [5, 5.41) is 3.92. The van der Waals surface area contributed by atoms with Crippen LogP contribution in [0.1, 0.15) is 32.3 Å². The van der Waals surface area contributed by atoms with Crippen molar-refractivity contribution in [2.24, 2.45) is 5.92 Å². The first-order valence-electron chi connectivity index (χ1n) is 7.65. The van der Waals surface area contributed by atoms with E-state index in [-0.39, 0.29) is 5.91 Å². The van der Waals surface area contributed by atoms with Crippen molar-refractivity contribution >= 4 is 17.5 Å². The van der Waals surface area contributed by atoms with Gasteiger partial charge in [0.1, 0.15) is 0 Å². The maximum atomic E-state index is 12.9. The molecule has 0 aromatic heterocycles. The molecule has 1 aromatic rings. The molecule has 1 atom stereocenters. The van der Waals surface area contributed by atoms with Gasteiger partial charge in [-0.25, -0.2) is 0 Å². The van der Waals surface area contributed by atoms with Gasteiger partial charge in [-0.05, 0) is 63.9 Å². The number of nitrogens with one attached hydrogen (secondary N) is 1. The minimum absolute atomic E-state index is 0.214. The van der Waals surface area contributed by atoms with Gasteiger partial charge in [-0.15, -0.1) is 0 Å². The molecule has 1 aliphatic heterocycles. The quantitative estimate of drug-likeness (QED) is 0.927. The molecule has 1 fully saturated rings. The fourth-order valence-electron chi connectivity index (χ4n) is 3.09. The van der Waals surface area contributed by atoms with E-state index < -0.39 is 5.41 Å². The number of hydrogen-bond donors (Lipinski definition) is 1. The third-order valence-corrected chi connectivity index (χ3v) is 4.65. The Kier molecular flexibility index (Phi) is 5.28. The van der Waals surface area contributed by atoms with Crippen molar-refractivity contribution in [1.82, 2.24) is 10.2 Å². The first-order valence-corrected chi connectivity index (χ1v) is 8.03. The van der Waals surface area contributed by atoms with Gasteiger partial charge in [-0.2, -0.15) is 0 Å². The summed E-state index contributed by atoms with van der Waals surface area (Å²) in [4.78, 5) is 15.0. The van der Waals surface area contributed by atoms with Crippen LogP contribution in [0.2, 0.25) is 5.02 Å². The second-order valence-electron chi connectivity index (χ2n) is 6.45. The van der Waals surface area contributed by atoms with Crippen molar-refractivity contribution in [2.75, 3.05) is 26.7 Å². The van der Waals surface area contributed by atoms with E-state index in [1.807, 2.05) is 50.1 Å². The SMILES string of the molecule is CNCC1CCCN(C(=O)C(C)(C)c2ccc(Cl)cc2)C1. The lowest BCUT2D eigenvalue weighted by Gasteiger charge is -2.38. The van der Waals surface area contributed by atoms with Crippen LogP contribution < -0.4 is 5.32 Å². The van der Waals surface area contributed by atoms with E-state index >= 15 is 0 Å². The van der Waals surface area contributed by atoms with Gasteiger partial charge >= 0.3 is 0 Å². The first kappa shape index (κ1) is 16.3. The first-order chi connectivity index (χ1) is 9.95. The second kappa shape index (κ2) is 6.80. The summed E-state index contributed by atoms with van der Waals surface area (Å²) in [5.41, 5.74) is 0.513. The fourth-order valence-corrected chi connectivity index (χ4v) is 3.22. The van der Waals surface area contributed by atoms with Gasteiger partial charge in [0, 0.05) is 18.1 Å². The molecule has 0 radical (unpaired) electrons. The van der Waals surface area contributed by atoms with Crippen LogP contribution >= 0.6 is 11.6 Å². The van der Waals surface area contributed by atoms with Crippen molar-refractivity contribution < 1.29 is 4.79 Å². The molecule has 2 rings (SSSR count). The number of halogens is 1. The summed E-state index contributed by atoms with van der Waals surface area (Å²) in [6, 6.07) is 7.61. The summed E-state index contributed by atoms with van der Waals surface area (Å²) in [5.74, 6) is 0.777. The normalized spacial score (nSPS) is 19.6. The Morgan fingerprint density at radius 2 is 2.05 bits per heavy atom. The predicted molar refractivity (Wildman–Crippen MR) is 87.7 cm³/mol. The number of likely N-dealkylation sites (tertiary alicyclic amines) is 1. The largest absolute Gasteiger partial charge is 0.342 e. The Balaban J connectivity index is 2.11. The number of nitrogens with zero attached hydrogens (tertiary/aromatic N) is 1. The van der Waals surface area contributed by atoms with Crippen LogP contribution in [0.5, 0.6) is 0 Å². The van der Waals surface area contributed by atoms with Gasteiger partial charge in [0.2, 0.25) is 5.91 Å². The summed E-state index contributed by atoms with van der Waals surface area (Å²) < 4.78 is 0. The van der Waals surface area contributed by atoms with Gasteiger partial charge in [-0.3, -0.25) is 4.79 Å². The molecule has 0 spiro atoms. The molecular formula is C17H25ClN2O. The van der Waals surface area contributed by atoms with Crippen LogP contribution in [0.25, 0.3) is 0 Å². The molecule has 3 nitrogen and oxygen atoms in total. The molecule has 0 bridgehead atoms. The molecule has 21 heavy (non-hydrogen) atoms. The maximum absolute atomic E-state index is 12.9. The van der Waals surface area contributed by atoms with E-state index in [1.165, 1.54) is 6.42 Å². The van der Waals surface area contributed by atoms with Crippen molar-refractivity contribution in [2.45, 2.75) is 32.1 Å². The summed E-state index contributed by atoms with van der Waals surface area (Å²) in [6.07, 6.45) is 2.29. The molecule has 1 amide bonds. The maximum Gasteiger partial charge on any atom is 0.232 e. The molecule has 1 N–H and O–H groups in total. The van der Waals surface area contributed by atoms with Crippen LogP contribution in [0, 0.1) is 5.92 Å². The molecule has 1 aliphatic rings. The van der Waals surface area contributed by atoms with E-state index in [1.54, 1.807) is 0 Å². The molecule has 0 aliphatic carbocycles. The lowest BCUT2D eigenvalue weighted by molar-refractivity contribution is -0.138. The molecule has 1 aromatic carbocycles. The number of carbonyl (C=O) groups excluding carboxylic acids is 1. The Bertz CT molecular complexity index is 482. The van der Waals surface area contributed by atoms with Crippen LogP contribution in [0.3, 0.4) is 0 Å². The van der Waals surface area contributed by atoms with E-state index in [2.05, 4.69) is 5.32 Å². The monoisotopic (exact) mass is 308 g/mol. The minimum Gasteiger partial charge on any atom is -0.342 e. The fraction of sp³-hybridized carbons (Fsp3) is 0.588. The molecule has 1 unspecified atom stereocenters. The van der Waals surface area contributed by atoms with Crippen molar-refractivity contribution in [3.8, 4) is 0 Å². The van der Waals surface area contributed by atoms with Gasteiger partial charge in [0.25, 0.3) is 0 Å². The topological polar surface area (TPSA) is 32.3 Å². The van der Waals surface area contributed by atoms with Crippen molar-refractivity contribution in [3.63, 3.8) is 0 Å². The minimum atomic E-state index is -0.508. The van der Waals surface area contributed by atoms with Crippen LogP contribution in [-0.2, 0) is 10.2 Å². The zero-order chi connectivity index (χ0) is 15.5. The molecule has 4 heteroatoms. The lowest BCUT2D eigenvalue weighted by atomic mass is 9.82. The van der Waals surface area contributed by atoms with Crippen LogP contribution in [0.4, 0.5) is 0 Å². The van der Waals surface area contributed by atoms with Gasteiger partial charge in [0.15, 0.2) is 0 Å². The Hall–Kier alpha value is -1.06. The third kappa shape index (κ3) is 3.78. The van der Waals surface area contributed by atoms with Gasteiger partial charge in [-0.1, -0.05) is 23.7 Å². The van der Waals surface area contributed by atoms with Gasteiger partial charge in [0.05, 0.1) is 5.41 Å². The molecule has 116 valence electrons. The Morgan fingerprint density at radius 1 is 1.38 bits per heavy atom.